The van der Waals surface area contributed by atoms with Crippen LogP contribution in [0.5, 0.6) is 0 Å². The molecule has 6 heteroatoms. The third kappa shape index (κ3) is 3.94. The van der Waals surface area contributed by atoms with Gasteiger partial charge in [-0.05, 0) is 30.5 Å². The van der Waals surface area contributed by atoms with Gasteiger partial charge in [0.1, 0.15) is 12.1 Å². The molecule has 0 saturated carbocycles. The molecule has 0 aromatic heterocycles. The van der Waals surface area contributed by atoms with Crippen molar-refractivity contribution >= 4 is 11.6 Å². The molecule has 0 aliphatic carbocycles. The fourth-order valence-corrected chi connectivity index (χ4v) is 3.50. The fourth-order valence-electron chi connectivity index (χ4n) is 3.50. The summed E-state index contributed by atoms with van der Waals surface area (Å²) in [7, 11) is 4.00. The van der Waals surface area contributed by atoms with Gasteiger partial charge in [0.25, 0.3) is 5.91 Å². The Labute approximate surface area is 149 Å². The van der Waals surface area contributed by atoms with E-state index in [0.717, 1.165) is 24.1 Å². The average molecular weight is 342 g/mol. The van der Waals surface area contributed by atoms with E-state index in [9.17, 15) is 10.1 Å². The van der Waals surface area contributed by atoms with Crippen molar-refractivity contribution in [1.29, 1.82) is 5.26 Å². The fraction of sp³-hybridized carbons (Fsp3) is 0.579. The number of piperazine rings is 1. The lowest BCUT2D eigenvalue weighted by molar-refractivity contribution is -0.142. The third-order valence-electron chi connectivity index (χ3n) is 5.04. The third-order valence-corrected chi connectivity index (χ3v) is 5.04. The summed E-state index contributed by atoms with van der Waals surface area (Å²) in [4.78, 5) is 18.5. The molecule has 2 aliphatic rings. The van der Waals surface area contributed by atoms with Gasteiger partial charge in [0, 0.05) is 52.6 Å². The predicted octanol–water partition coefficient (Wildman–Crippen LogP) is 1.64. The summed E-state index contributed by atoms with van der Waals surface area (Å²) in [6, 6.07) is 10.3. The zero-order valence-corrected chi connectivity index (χ0v) is 15.0. The first-order valence-corrected chi connectivity index (χ1v) is 8.91. The SMILES string of the molecule is CN(C)c1ccc(C(C#N)N2CCN(C(=O)C3CCCO3)CC2)cc1. The van der Waals surface area contributed by atoms with E-state index >= 15 is 0 Å². The van der Waals surface area contributed by atoms with Crippen LogP contribution in [0, 0.1) is 11.3 Å². The van der Waals surface area contributed by atoms with Crippen molar-refractivity contribution in [2.75, 3.05) is 51.8 Å². The average Bonchev–Trinajstić information content (AvgIpc) is 3.17. The highest BCUT2D eigenvalue weighted by molar-refractivity contribution is 5.81. The van der Waals surface area contributed by atoms with Crippen molar-refractivity contribution in [3.8, 4) is 6.07 Å². The zero-order valence-electron chi connectivity index (χ0n) is 15.0. The van der Waals surface area contributed by atoms with Crippen LogP contribution in [0.25, 0.3) is 0 Å². The molecule has 2 aliphatic heterocycles. The van der Waals surface area contributed by atoms with E-state index in [1.54, 1.807) is 0 Å². The normalized spacial score (nSPS) is 22.4. The van der Waals surface area contributed by atoms with Gasteiger partial charge in [0.15, 0.2) is 0 Å². The van der Waals surface area contributed by atoms with Gasteiger partial charge < -0.3 is 14.5 Å². The van der Waals surface area contributed by atoms with E-state index in [4.69, 9.17) is 4.74 Å². The largest absolute Gasteiger partial charge is 0.378 e. The van der Waals surface area contributed by atoms with Crippen molar-refractivity contribution in [2.24, 2.45) is 0 Å². The minimum Gasteiger partial charge on any atom is -0.378 e. The molecule has 2 fully saturated rings. The number of carbonyl (C=O) groups excluding carboxylic acids is 1. The molecule has 0 spiro atoms. The number of rotatable bonds is 4. The maximum absolute atomic E-state index is 12.4. The maximum atomic E-state index is 12.4. The van der Waals surface area contributed by atoms with Crippen molar-refractivity contribution in [2.45, 2.75) is 25.0 Å². The summed E-state index contributed by atoms with van der Waals surface area (Å²) < 4.78 is 5.50. The number of hydrogen-bond donors (Lipinski definition) is 0. The monoisotopic (exact) mass is 342 g/mol. The Hall–Kier alpha value is -2.10. The summed E-state index contributed by atoms with van der Waals surface area (Å²) in [6.07, 6.45) is 1.55. The summed E-state index contributed by atoms with van der Waals surface area (Å²) in [6.45, 7) is 3.44. The van der Waals surface area contributed by atoms with Crippen LogP contribution in [-0.2, 0) is 9.53 Å². The van der Waals surface area contributed by atoms with Gasteiger partial charge in [0.2, 0.25) is 0 Å². The molecule has 2 saturated heterocycles. The molecular formula is C19H26N4O2. The molecule has 2 atom stereocenters. The molecule has 2 unspecified atom stereocenters. The molecule has 134 valence electrons. The Bertz CT molecular complexity index is 624. The number of nitrogens with zero attached hydrogens (tertiary/aromatic N) is 4. The van der Waals surface area contributed by atoms with Crippen LogP contribution >= 0.6 is 0 Å². The molecule has 25 heavy (non-hydrogen) atoms. The Morgan fingerprint density at radius 3 is 2.44 bits per heavy atom. The highest BCUT2D eigenvalue weighted by Gasteiger charge is 2.32. The van der Waals surface area contributed by atoms with E-state index < -0.39 is 0 Å². The van der Waals surface area contributed by atoms with Crippen molar-refractivity contribution < 1.29 is 9.53 Å². The van der Waals surface area contributed by atoms with Crippen LogP contribution < -0.4 is 4.90 Å². The number of hydrogen-bond acceptors (Lipinski definition) is 5. The topological polar surface area (TPSA) is 59.8 Å². The van der Waals surface area contributed by atoms with Crippen LogP contribution in [-0.4, -0.2) is 68.7 Å². The Morgan fingerprint density at radius 1 is 1.24 bits per heavy atom. The van der Waals surface area contributed by atoms with Gasteiger partial charge in [-0.3, -0.25) is 9.69 Å². The zero-order chi connectivity index (χ0) is 17.8. The van der Waals surface area contributed by atoms with Gasteiger partial charge in [-0.25, -0.2) is 0 Å². The van der Waals surface area contributed by atoms with E-state index in [0.29, 0.717) is 32.8 Å². The Kier molecular flexibility index (Phi) is 5.57. The highest BCUT2D eigenvalue weighted by Crippen LogP contribution is 2.24. The lowest BCUT2D eigenvalue weighted by Gasteiger charge is -2.37. The minimum absolute atomic E-state index is 0.112. The van der Waals surface area contributed by atoms with Gasteiger partial charge >= 0.3 is 0 Å². The van der Waals surface area contributed by atoms with Crippen molar-refractivity contribution in [1.82, 2.24) is 9.80 Å². The number of amides is 1. The highest BCUT2D eigenvalue weighted by atomic mass is 16.5. The number of anilines is 1. The summed E-state index contributed by atoms with van der Waals surface area (Å²) in [5.41, 5.74) is 2.12. The van der Waals surface area contributed by atoms with Crippen LogP contribution in [0.2, 0.25) is 0 Å². The molecule has 3 rings (SSSR count). The maximum Gasteiger partial charge on any atom is 0.251 e. The van der Waals surface area contributed by atoms with E-state index in [1.165, 1.54) is 0 Å². The second kappa shape index (κ2) is 7.85. The molecule has 1 aromatic rings. The molecule has 1 amide bonds. The number of nitriles is 1. The smallest absolute Gasteiger partial charge is 0.251 e. The second-order valence-corrected chi connectivity index (χ2v) is 6.88. The lowest BCUT2D eigenvalue weighted by atomic mass is 10.0. The first kappa shape index (κ1) is 17.7. The Morgan fingerprint density at radius 2 is 1.92 bits per heavy atom. The van der Waals surface area contributed by atoms with Gasteiger partial charge in [-0.15, -0.1) is 0 Å². The van der Waals surface area contributed by atoms with Gasteiger partial charge in [0.05, 0.1) is 6.07 Å². The summed E-state index contributed by atoms with van der Waals surface area (Å²) >= 11 is 0. The number of benzene rings is 1. The quantitative estimate of drug-likeness (QED) is 0.832. The van der Waals surface area contributed by atoms with Crippen molar-refractivity contribution in [3.05, 3.63) is 29.8 Å². The second-order valence-electron chi connectivity index (χ2n) is 6.88. The molecule has 0 N–H and O–H groups in total. The molecule has 6 nitrogen and oxygen atoms in total. The lowest BCUT2D eigenvalue weighted by Crippen LogP contribution is -2.51. The Balaban J connectivity index is 1.60. The summed E-state index contributed by atoms with van der Waals surface area (Å²) in [5.74, 6) is 0.112. The minimum atomic E-state index is -0.267. The number of ether oxygens (including phenoxy) is 1. The van der Waals surface area contributed by atoms with Crippen molar-refractivity contribution in [3.63, 3.8) is 0 Å². The van der Waals surface area contributed by atoms with E-state index in [2.05, 4.69) is 11.0 Å². The van der Waals surface area contributed by atoms with E-state index in [1.807, 2.05) is 48.2 Å². The molecule has 0 bridgehead atoms. The van der Waals surface area contributed by atoms with Gasteiger partial charge in [-0.2, -0.15) is 5.26 Å². The number of carbonyl (C=O) groups is 1. The molecular weight excluding hydrogens is 316 g/mol. The predicted molar refractivity (Wildman–Crippen MR) is 96.3 cm³/mol. The molecule has 1 aromatic carbocycles. The van der Waals surface area contributed by atoms with Crippen LogP contribution in [0.3, 0.4) is 0 Å². The molecule has 0 radical (unpaired) electrons. The first-order chi connectivity index (χ1) is 12.1. The van der Waals surface area contributed by atoms with E-state index in [-0.39, 0.29) is 18.1 Å². The van der Waals surface area contributed by atoms with Gasteiger partial charge in [-0.1, -0.05) is 12.1 Å². The standard InChI is InChI=1S/C19H26N4O2/c1-21(2)16-7-5-15(6-8-16)17(14-20)22-9-11-23(12-10-22)19(24)18-4-3-13-25-18/h5-8,17-18H,3-4,9-13H2,1-2H3. The van der Waals surface area contributed by atoms with Crippen LogP contribution in [0.15, 0.2) is 24.3 Å². The molecule has 2 heterocycles. The van der Waals surface area contributed by atoms with Crippen LogP contribution in [0.4, 0.5) is 5.69 Å². The summed E-state index contributed by atoms with van der Waals surface area (Å²) in [5, 5.41) is 9.66. The first-order valence-electron chi connectivity index (χ1n) is 8.91. The van der Waals surface area contributed by atoms with Crippen LogP contribution in [0.1, 0.15) is 24.4 Å².